The SMILES string of the molecule is Cc1cc(NC(=O)CCC(C)N)ccc1OC1CCOCC1.Cl. The molecule has 5 nitrogen and oxygen atoms in total. The number of nitrogens with one attached hydrogen (secondary N) is 1. The Bertz CT molecular complexity index is 503. The maximum atomic E-state index is 11.8. The number of hydrogen-bond donors (Lipinski definition) is 2. The molecule has 1 fully saturated rings. The summed E-state index contributed by atoms with van der Waals surface area (Å²) in [4.78, 5) is 11.8. The van der Waals surface area contributed by atoms with Crippen LogP contribution < -0.4 is 15.8 Å². The predicted octanol–water partition coefficient (Wildman–Crippen LogP) is 3.04. The summed E-state index contributed by atoms with van der Waals surface area (Å²) in [6.07, 6.45) is 3.20. The Labute approximate surface area is 144 Å². The highest BCUT2D eigenvalue weighted by Gasteiger charge is 2.16. The molecular weight excluding hydrogens is 316 g/mol. The molecule has 6 heteroatoms. The monoisotopic (exact) mass is 342 g/mol. The number of hydrogen-bond acceptors (Lipinski definition) is 4. The first-order valence-electron chi connectivity index (χ1n) is 7.95. The van der Waals surface area contributed by atoms with Crippen molar-refractivity contribution < 1.29 is 14.3 Å². The van der Waals surface area contributed by atoms with Gasteiger partial charge in [0.2, 0.25) is 5.91 Å². The van der Waals surface area contributed by atoms with E-state index in [0.717, 1.165) is 43.1 Å². The van der Waals surface area contributed by atoms with Crippen LogP contribution in [0.5, 0.6) is 5.75 Å². The van der Waals surface area contributed by atoms with Gasteiger partial charge in [0.15, 0.2) is 0 Å². The maximum Gasteiger partial charge on any atom is 0.224 e. The van der Waals surface area contributed by atoms with E-state index in [2.05, 4.69) is 5.32 Å². The number of carbonyl (C=O) groups is 1. The topological polar surface area (TPSA) is 73.6 Å². The highest BCUT2D eigenvalue weighted by Crippen LogP contribution is 2.25. The number of ether oxygens (including phenoxy) is 2. The van der Waals surface area contributed by atoms with Gasteiger partial charge in [-0.25, -0.2) is 0 Å². The summed E-state index contributed by atoms with van der Waals surface area (Å²) in [6.45, 7) is 5.42. The van der Waals surface area contributed by atoms with Crippen molar-refractivity contribution in [1.82, 2.24) is 0 Å². The molecule has 0 aliphatic carbocycles. The molecule has 0 radical (unpaired) electrons. The second-order valence-corrected chi connectivity index (χ2v) is 5.97. The minimum absolute atomic E-state index is 0. The summed E-state index contributed by atoms with van der Waals surface area (Å²) in [5.74, 6) is 0.871. The lowest BCUT2D eigenvalue weighted by Gasteiger charge is -2.24. The Hall–Kier alpha value is -1.30. The van der Waals surface area contributed by atoms with Gasteiger partial charge in [0.25, 0.3) is 0 Å². The largest absolute Gasteiger partial charge is 0.490 e. The number of anilines is 1. The Balaban J connectivity index is 0.00000264. The van der Waals surface area contributed by atoms with Gasteiger partial charge in [-0.2, -0.15) is 0 Å². The molecule has 1 heterocycles. The van der Waals surface area contributed by atoms with Crippen molar-refractivity contribution >= 4 is 24.0 Å². The fourth-order valence-corrected chi connectivity index (χ4v) is 2.42. The second kappa shape index (κ2) is 9.75. The van der Waals surface area contributed by atoms with E-state index in [-0.39, 0.29) is 30.5 Å². The summed E-state index contributed by atoms with van der Waals surface area (Å²) >= 11 is 0. The summed E-state index contributed by atoms with van der Waals surface area (Å²) in [6, 6.07) is 5.79. The first-order valence-corrected chi connectivity index (χ1v) is 7.95. The molecule has 1 aromatic rings. The Morgan fingerprint density at radius 2 is 2.13 bits per heavy atom. The van der Waals surface area contributed by atoms with Crippen LogP contribution in [-0.2, 0) is 9.53 Å². The van der Waals surface area contributed by atoms with Gasteiger partial charge >= 0.3 is 0 Å². The molecule has 23 heavy (non-hydrogen) atoms. The van der Waals surface area contributed by atoms with Gasteiger partial charge in [-0.15, -0.1) is 12.4 Å². The molecular formula is C17H27ClN2O3. The van der Waals surface area contributed by atoms with E-state index in [0.29, 0.717) is 12.8 Å². The number of halogens is 1. The van der Waals surface area contributed by atoms with E-state index in [9.17, 15) is 4.79 Å². The second-order valence-electron chi connectivity index (χ2n) is 5.97. The lowest BCUT2D eigenvalue weighted by atomic mass is 10.1. The molecule has 2 rings (SSSR count). The maximum absolute atomic E-state index is 11.8. The normalized spacial score (nSPS) is 16.3. The van der Waals surface area contributed by atoms with Crippen molar-refractivity contribution in [2.45, 2.75) is 51.7 Å². The fraction of sp³-hybridized carbons (Fsp3) is 0.588. The van der Waals surface area contributed by atoms with E-state index in [1.807, 2.05) is 32.0 Å². The Morgan fingerprint density at radius 3 is 2.74 bits per heavy atom. The molecule has 1 saturated heterocycles. The van der Waals surface area contributed by atoms with Crippen LogP contribution in [0.4, 0.5) is 5.69 Å². The van der Waals surface area contributed by atoms with Gasteiger partial charge in [-0.1, -0.05) is 0 Å². The van der Waals surface area contributed by atoms with E-state index in [1.54, 1.807) is 0 Å². The van der Waals surface area contributed by atoms with Crippen LogP contribution in [0.3, 0.4) is 0 Å². The third kappa shape index (κ3) is 6.77. The van der Waals surface area contributed by atoms with Crippen molar-refractivity contribution in [2.75, 3.05) is 18.5 Å². The number of nitrogens with two attached hydrogens (primary N) is 1. The average Bonchev–Trinajstić information content (AvgIpc) is 2.49. The van der Waals surface area contributed by atoms with Gasteiger partial charge in [0.1, 0.15) is 11.9 Å². The van der Waals surface area contributed by atoms with Crippen molar-refractivity contribution in [3.05, 3.63) is 23.8 Å². The molecule has 0 spiro atoms. The smallest absolute Gasteiger partial charge is 0.224 e. The number of amides is 1. The quantitative estimate of drug-likeness (QED) is 0.833. The highest BCUT2D eigenvalue weighted by molar-refractivity contribution is 5.90. The molecule has 0 aromatic heterocycles. The molecule has 1 amide bonds. The number of carbonyl (C=O) groups excluding carboxylic acids is 1. The van der Waals surface area contributed by atoms with Crippen LogP contribution in [0.1, 0.15) is 38.2 Å². The van der Waals surface area contributed by atoms with Crippen LogP contribution in [0.25, 0.3) is 0 Å². The third-order valence-corrected chi connectivity index (χ3v) is 3.75. The molecule has 130 valence electrons. The minimum atomic E-state index is -0.00482. The van der Waals surface area contributed by atoms with Crippen LogP contribution >= 0.6 is 12.4 Å². The van der Waals surface area contributed by atoms with E-state index < -0.39 is 0 Å². The minimum Gasteiger partial charge on any atom is -0.490 e. The first-order chi connectivity index (χ1) is 10.5. The average molecular weight is 343 g/mol. The first kappa shape index (κ1) is 19.7. The van der Waals surface area contributed by atoms with Gasteiger partial charge in [-0.3, -0.25) is 4.79 Å². The van der Waals surface area contributed by atoms with Gasteiger partial charge in [-0.05, 0) is 44.0 Å². The molecule has 0 saturated carbocycles. The zero-order valence-corrected chi connectivity index (χ0v) is 14.7. The van der Waals surface area contributed by atoms with Crippen molar-refractivity contribution in [3.63, 3.8) is 0 Å². The lowest BCUT2D eigenvalue weighted by molar-refractivity contribution is -0.116. The number of aryl methyl sites for hydroxylation is 1. The van der Waals surface area contributed by atoms with Gasteiger partial charge in [0.05, 0.1) is 13.2 Å². The predicted molar refractivity (Wildman–Crippen MR) is 94.4 cm³/mol. The van der Waals surface area contributed by atoms with Crippen LogP contribution in [0.15, 0.2) is 18.2 Å². The molecule has 1 unspecified atom stereocenters. The zero-order chi connectivity index (χ0) is 15.9. The lowest BCUT2D eigenvalue weighted by Crippen LogP contribution is -2.26. The molecule has 3 N–H and O–H groups in total. The zero-order valence-electron chi connectivity index (χ0n) is 13.8. The summed E-state index contributed by atoms with van der Waals surface area (Å²) in [5.41, 5.74) is 7.48. The summed E-state index contributed by atoms with van der Waals surface area (Å²) < 4.78 is 11.3. The Morgan fingerprint density at radius 1 is 1.43 bits per heavy atom. The number of benzene rings is 1. The Kier molecular flexibility index (Phi) is 8.37. The number of rotatable bonds is 6. The van der Waals surface area contributed by atoms with Crippen molar-refractivity contribution in [1.29, 1.82) is 0 Å². The molecule has 1 atom stereocenters. The molecule has 0 bridgehead atoms. The van der Waals surface area contributed by atoms with Crippen LogP contribution in [0.2, 0.25) is 0 Å². The van der Waals surface area contributed by atoms with E-state index in [1.165, 1.54) is 0 Å². The van der Waals surface area contributed by atoms with Crippen molar-refractivity contribution in [2.24, 2.45) is 5.73 Å². The highest BCUT2D eigenvalue weighted by atomic mass is 35.5. The van der Waals surface area contributed by atoms with Gasteiger partial charge in [0, 0.05) is 31.0 Å². The van der Waals surface area contributed by atoms with Crippen LogP contribution in [-0.4, -0.2) is 31.3 Å². The van der Waals surface area contributed by atoms with Crippen molar-refractivity contribution in [3.8, 4) is 5.75 Å². The molecule has 1 aliphatic rings. The van der Waals surface area contributed by atoms with E-state index >= 15 is 0 Å². The molecule has 1 aliphatic heterocycles. The van der Waals surface area contributed by atoms with Gasteiger partial charge < -0.3 is 20.5 Å². The molecule has 1 aromatic carbocycles. The summed E-state index contributed by atoms with van der Waals surface area (Å²) in [7, 11) is 0. The summed E-state index contributed by atoms with van der Waals surface area (Å²) in [5, 5.41) is 2.90. The third-order valence-electron chi connectivity index (χ3n) is 3.75. The van der Waals surface area contributed by atoms with E-state index in [4.69, 9.17) is 15.2 Å². The van der Waals surface area contributed by atoms with Crippen LogP contribution in [0, 0.1) is 6.92 Å². The standard InChI is InChI=1S/C17H26N2O3.ClH/c1-12-11-14(19-17(20)6-3-13(2)18)4-5-16(12)22-15-7-9-21-10-8-15;/h4-5,11,13,15H,3,6-10,18H2,1-2H3,(H,19,20);1H. The fourth-order valence-electron chi connectivity index (χ4n) is 2.42.